The molecule has 2 heterocycles. The van der Waals surface area contributed by atoms with Crippen molar-refractivity contribution in [2.75, 3.05) is 13.1 Å². The number of aliphatic hydroxyl groups excluding tert-OH is 2. The van der Waals surface area contributed by atoms with Gasteiger partial charge in [0, 0.05) is 13.0 Å². The topological polar surface area (TPSA) is 99.4 Å². The average molecular weight is 358 g/mol. The Bertz CT molecular complexity index is 790. The van der Waals surface area contributed by atoms with E-state index in [1.807, 2.05) is 28.8 Å². The van der Waals surface area contributed by atoms with Crippen LogP contribution in [0.25, 0.3) is 11.0 Å². The van der Waals surface area contributed by atoms with Crippen LogP contribution in [0.1, 0.15) is 25.1 Å². The van der Waals surface area contributed by atoms with Gasteiger partial charge in [-0.1, -0.05) is 12.1 Å². The van der Waals surface area contributed by atoms with E-state index in [0.29, 0.717) is 30.6 Å². The second-order valence-corrected chi connectivity index (χ2v) is 7.47. The Balaban J connectivity index is 1.38. The van der Waals surface area contributed by atoms with Crippen LogP contribution in [0.15, 0.2) is 24.3 Å². The third-order valence-electron chi connectivity index (χ3n) is 5.83. The number of para-hydroxylation sites is 2. The molecule has 7 nitrogen and oxygen atoms in total. The van der Waals surface area contributed by atoms with Crippen molar-refractivity contribution in [3.05, 3.63) is 30.1 Å². The van der Waals surface area contributed by atoms with Gasteiger partial charge >= 0.3 is 0 Å². The molecular weight excluding hydrogens is 332 g/mol. The maximum Gasteiger partial charge on any atom is 0.222 e. The molecule has 1 aromatic carbocycles. The average Bonchev–Trinajstić information content (AvgIpc) is 3.23. The number of carbonyl (C=O) groups is 1. The molecule has 2 fully saturated rings. The monoisotopic (exact) mass is 358 g/mol. The molecule has 140 valence electrons. The number of benzene rings is 1. The second kappa shape index (κ2) is 7.34. The van der Waals surface area contributed by atoms with E-state index in [0.717, 1.165) is 37.0 Å². The van der Waals surface area contributed by atoms with E-state index in [-0.39, 0.29) is 18.6 Å². The number of nitrogens with zero attached hydrogens (tertiary/aromatic N) is 2. The van der Waals surface area contributed by atoms with E-state index < -0.39 is 6.10 Å². The van der Waals surface area contributed by atoms with Crippen LogP contribution in [-0.2, 0) is 17.9 Å². The molecule has 1 aliphatic heterocycles. The van der Waals surface area contributed by atoms with Crippen molar-refractivity contribution in [3.8, 4) is 0 Å². The smallest absolute Gasteiger partial charge is 0.222 e. The molecule has 2 aromatic rings. The summed E-state index contributed by atoms with van der Waals surface area (Å²) in [4.78, 5) is 16.9. The summed E-state index contributed by atoms with van der Waals surface area (Å²) >= 11 is 0. The number of nitrogens with one attached hydrogen (secondary N) is 2. The molecule has 1 saturated carbocycles. The van der Waals surface area contributed by atoms with Crippen molar-refractivity contribution in [1.82, 2.24) is 20.2 Å². The van der Waals surface area contributed by atoms with Crippen molar-refractivity contribution in [1.29, 1.82) is 0 Å². The predicted molar refractivity (Wildman–Crippen MR) is 97.3 cm³/mol. The molecule has 1 saturated heterocycles. The summed E-state index contributed by atoms with van der Waals surface area (Å²) < 4.78 is 1.89. The van der Waals surface area contributed by atoms with Crippen LogP contribution >= 0.6 is 0 Å². The third-order valence-corrected chi connectivity index (χ3v) is 5.83. The first-order valence-corrected chi connectivity index (χ1v) is 9.39. The highest BCUT2D eigenvalue weighted by atomic mass is 16.3. The predicted octanol–water partition coefficient (Wildman–Crippen LogP) is 0.394. The van der Waals surface area contributed by atoms with Crippen LogP contribution in [0.5, 0.6) is 0 Å². The third kappa shape index (κ3) is 3.34. The van der Waals surface area contributed by atoms with E-state index in [9.17, 15) is 15.0 Å². The van der Waals surface area contributed by atoms with E-state index in [1.54, 1.807) is 0 Å². The van der Waals surface area contributed by atoms with Crippen molar-refractivity contribution < 1.29 is 15.0 Å². The molecule has 4 rings (SSSR count). The molecule has 1 aliphatic carbocycles. The Morgan fingerprint density at radius 1 is 1.27 bits per heavy atom. The molecule has 0 unspecified atom stereocenters. The fourth-order valence-corrected chi connectivity index (χ4v) is 4.44. The van der Waals surface area contributed by atoms with Crippen LogP contribution in [0.3, 0.4) is 0 Å². The Morgan fingerprint density at radius 3 is 2.85 bits per heavy atom. The van der Waals surface area contributed by atoms with Crippen molar-refractivity contribution in [2.24, 2.45) is 11.8 Å². The zero-order chi connectivity index (χ0) is 18.1. The van der Waals surface area contributed by atoms with Crippen LogP contribution < -0.4 is 10.6 Å². The summed E-state index contributed by atoms with van der Waals surface area (Å²) in [6.45, 7) is 2.25. The molecule has 26 heavy (non-hydrogen) atoms. The molecule has 7 heteroatoms. The highest BCUT2D eigenvalue weighted by Crippen LogP contribution is 2.32. The van der Waals surface area contributed by atoms with Gasteiger partial charge in [0.05, 0.1) is 23.2 Å². The minimum Gasteiger partial charge on any atom is -0.391 e. The van der Waals surface area contributed by atoms with Gasteiger partial charge in [0.25, 0.3) is 0 Å². The van der Waals surface area contributed by atoms with E-state index in [1.165, 1.54) is 0 Å². The number of aryl methyl sites for hydroxylation is 1. The van der Waals surface area contributed by atoms with E-state index in [4.69, 9.17) is 0 Å². The Morgan fingerprint density at radius 2 is 2.04 bits per heavy atom. The van der Waals surface area contributed by atoms with Gasteiger partial charge in [-0.15, -0.1) is 0 Å². The van der Waals surface area contributed by atoms with Gasteiger partial charge in [0.2, 0.25) is 5.91 Å². The van der Waals surface area contributed by atoms with Gasteiger partial charge in [-0.25, -0.2) is 4.98 Å². The summed E-state index contributed by atoms with van der Waals surface area (Å²) in [7, 11) is 0. The number of hydrogen-bond donors (Lipinski definition) is 4. The highest BCUT2D eigenvalue weighted by Gasteiger charge is 2.39. The normalized spacial score (nSPS) is 28.2. The van der Waals surface area contributed by atoms with Crippen LogP contribution in [0.4, 0.5) is 0 Å². The minimum absolute atomic E-state index is 0.0693. The molecule has 1 aromatic heterocycles. The Labute approximate surface area is 152 Å². The SMILES string of the molecule is O=C(CCn1c(CO)nc2ccccc21)N[C@H]1C[C@H]2CNC[C@H]2C[C@@H]1O. The fraction of sp³-hybridized carbons (Fsp3) is 0.579. The maximum atomic E-state index is 12.4. The van der Waals surface area contributed by atoms with Crippen LogP contribution in [-0.4, -0.2) is 50.9 Å². The zero-order valence-electron chi connectivity index (χ0n) is 14.8. The maximum absolute atomic E-state index is 12.4. The van der Waals surface area contributed by atoms with Gasteiger partial charge in [0.1, 0.15) is 12.4 Å². The Kier molecular flexibility index (Phi) is 4.93. The molecular formula is C19H26N4O3. The number of aliphatic hydroxyl groups is 2. The van der Waals surface area contributed by atoms with Gasteiger partial charge in [-0.3, -0.25) is 4.79 Å². The number of imidazole rings is 1. The molecule has 0 radical (unpaired) electrons. The molecule has 0 bridgehead atoms. The zero-order valence-corrected chi connectivity index (χ0v) is 14.8. The largest absolute Gasteiger partial charge is 0.391 e. The number of rotatable bonds is 5. The lowest BCUT2D eigenvalue weighted by molar-refractivity contribution is -0.123. The van der Waals surface area contributed by atoms with Gasteiger partial charge < -0.3 is 25.4 Å². The summed E-state index contributed by atoms with van der Waals surface area (Å²) in [6, 6.07) is 7.50. The summed E-state index contributed by atoms with van der Waals surface area (Å²) in [5, 5.41) is 26.3. The molecule has 1 amide bonds. The first kappa shape index (κ1) is 17.5. The fourth-order valence-electron chi connectivity index (χ4n) is 4.44. The lowest BCUT2D eigenvalue weighted by Crippen LogP contribution is -2.49. The standard InChI is InChI=1S/C19H26N4O3/c24-11-18-21-14-3-1-2-4-16(14)23(18)6-5-19(26)22-15-7-12-9-20-10-13(12)8-17(15)25/h1-4,12-13,15,17,20,24-25H,5-11H2,(H,22,26)/t12-,13+,15-,17-/m0/s1. The quantitative estimate of drug-likeness (QED) is 0.620. The molecule has 2 aliphatic rings. The first-order valence-electron chi connectivity index (χ1n) is 9.39. The highest BCUT2D eigenvalue weighted by molar-refractivity contribution is 5.78. The van der Waals surface area contributed by atoms with E-state index in [2.05, 4.69) is 15.6 Å². The summed E-state index contributed by atoms with van der Waals surface area (Å²) in [5.41, 5.74) is 1.74. The summed E-state index contributed by atoms with van der Waals surface area (Å²) in [6.07, 6.45) is 1.41. The lowest BCUT2D eigenvalue weighted by Gasteiger charge is -2.35. The minimum atomic E-state index is -0.470. The lowest BCUT2D eigenvalue weighted by atomic mass is 9.77. The summed E-state index contributed by atoms with van der Waals surface area (Å²) in [5.74, 6) is 1.57. The molecule has 4 N–H and O–H groups in total. The van der Waals surface area contributed by atoms with Crippen LogP contribution in [0.2, 0.25) is 0 Å². The van der Waals surface area contributed by atoms with Gasteiger partial charge in [0.15, 0.2) is 0 Å². The number of amides is 1. The van der Waals surface area contributed by atoms with Crippen LogP contribution in [0, 0.1) is 11.8 Å². The van der Waals surface area contributed by atoms with Crippen molar-refractivity contribution in [2.45, 2.75) is 44.6 Å². The molecule has 0 spiro atoms. The van der Waals surface area contributed by atoms with Crippen molar-refractivity contribution >= 4 is 16.9 Å². The number of carbonyl (C=O) groups excluding carboxylic acids is 1. The number of hydrogen-bond acceptors (Lipinski definition) is 5. The van der Waals surface area contributed by atoms with Gasteiger partial charge in [-0.05, 0) is 49.9 Å². The number of fused-ring (bicyclic) bond motifs is 2. The number of aromatic nitrogens is 2. The molecule has 4 atom stereocenters. The van der Waals surface area contributed by atoms with Gasteiger partial charge in [-0.2, -0.15) is 0 Å². The van der Waals surface area contributed by atoms with E-state index >= 15 is 0 Å². The Hall–Kier alpha value is -1.96. The first-order chi connectivity index (χ1) is 12.7. The van der Waals surface area contributed by atoms with Crippen molar-refractivity contribution in [3.63, 3.8) is 0 Å². The second-order valence-electron chi connectivity index (χ2n) is 7.47.